The third kappa shape index (κ3) is 3.43. The summed E-state index contributed by atoms with van der Waals surface area (Å²) in [6, 6.07) is 3.06. The van der Waals surface area contributed by atoms with Crippen LogP contribution >= 0.6 is 0 Å². The summed E-state index contributed by atoms with van der Waals surface area (Å²) in [6.07, 6.45) is 1.90. The first-order valence-corrected chi connectivity index (χ1v) is 6.48. The smallest absolute Gasteiger partial charge is 0.353 e. The monoisotopic (exact) mass is 309 g/mol. The summed E-state index contributed by atoms with van der Waals surface area (Å²) in [5.74, 6) is -2.12. The second-order valence-electron chi connectivity index (χ2n) is 4.36. The number of hydrogen-bond donors (Lipinski definition) is 2. The van der Waals surface area contributed by atoms with E-state index in [0.29, 0.717) is 6.54 Å². The lowest BCUT2D eigenvalue weighted by molar-refractivity contribution is -0.383. The third-order valence-corrected chi connectivity index (χ3v) is 2.73. The van der Waals surface area contributed by atoms with E-state index < -0.39 is 16.6 Å². The summed E-state index contributed by atoms with van der Waals surface area (Å²) in [6.45, 7) is 2.41. The molecule has 0 atom stereocenters. The molecule has 0 fully saturated rings. The van der Waals surface area contributed by atoms with Crippen molar-refractivity contribution in [2.24, 2.45) is 0 Å². The molecule has 0 spiro atoms. The number of nitrogens with zero attached hydrogens (tertiary/aromatic N) is 3. The second kappa shape index (κ2) is 6.74. The highest BCUT2D eigenvalue weighted by Gasteiger charge is 2.23. The van der Waals surface area contributed by atoms with E-state index in [1.54, 1.807) is 0 Å². The summed E-state index contributed by atoms with van der Waals surface area (Å²) in [5.41, 5.74) is -0.220. The van der Waals surface area contributed by atoms with E-state index in [0.717, 1.165) is 24.9 Å². The van der Waals surface area contributed by atoms with E-state index in [1.807, 2.05) is 6.92 Å². The van der Waals surface area contributed by atoms with Gasteiger partial charge in [-0.3, -0.25) is 10.1 Å². The molecule has 7 nitrogen and oxygen atoms in total. The minimum atomic E-state index is -1.06. The number of nitro groups is 1. The predicted octanol–water partition coefficient (Wildman–Crippen LogP) is 3.23. The molecule has 0 saturated carbocycles. The topological polar surface area (TPSA) is 93.0 Å². The molecule has 0 aliphatic rings. The molecule has 2 rings (SSSR count). The highest BCUT2D eigenvalue weighted by Crippen LogP contribution is 2.31. The van der Waals surface area contributed by atoms with Crippen molar-refractivity contribution >= 4 is 23.0 Å². The standard InChI is InChI=1S/C13H13F2N5O2/c1-2-5-16-12-11(20(21)22)13(18-7-17-12)19-8-3-4-9(14)10(15)6-8/h3-4,6-7H,2,5H2,1H3,(H2,16,17,18,19). The Hall–Kier alpha value is -2.84. The molecule has 0 amide bonds. The summed E-state index contributed by atoms with van der Waals surface area (Å²) in [5, 5.41) is 16.7. The minimum absolute atomic E-state index is 0.0620. The average molecular weight is 309 g/mol. The Morgan fingerprint density at radius 1 is 1.23 bits per heavy atom. The molecular formula is C13H13F2N5O2. The molecule has 0 aliphatic carbocycles. The lowest BCUT2D eigenvalue weighted by Crippen LogP contribution is -2.08. The lowest BCUT2D eigenvalue weighted by Gasteiger charge is -2.09. The van der Waals surface area contributed by atoms with Crippen molar-refractivity contribution in [3.8, 4) is 0 Å². The summed E-state index contributed by atoms with van der Waals surface area (Å²) in [7, 11) is 0. The van der Waals surface area contributed by atoms with Gasteiger partial charge in [0.05, 0.1) is 4.92 Å². The zero-order chi connectivity index (χ0) is 16.1. The number of rotatable bonds is 6. The van der Waals surface area contributed by atoms with Gasteiger partial charge in [0.15, 0.2) is 11.6 Å². The Labute approximate surface area is 124 Å². The van der Waals surface area contributed by atoms with Gasteiger partial charge in [-0.25, -0.2) is 18.7 Å². The van der Waals surface area contributed by atoms with Crippen molar-refractivity contribution in [3.05, 3.63) is 46.3 Å². The summed E-state index contributed by atoms with van der Waals surface area (Å²) in [4.78, 5) is 18.2. The number of anilines is 3. The van der Waals surface area contributed by atoms with Gasteiger partial charge in [-0.1, -0.05) is 6.92 Å². The number of hydrogen-bond acceptors (Lipinski definition) is 6. The Bertz CT molecular complexity index is 696. The van der Waals surface area contributed by atoms with Gasteiger partial charge < -0.3 is 10.6 Å². The highest BCUT2D eigenvalue weighted by atomic mass is 19.2. The number of benzene rings is 1. The van der Waals surface area contributed by atoms with E-state index in [2.05, 4.69) is 20.6 Å². The van der Waals surface area contributed by atoms with Crippen LogP contribution in [0.5, 0.6) is 0 Å². The van der Waals surface area contributed by atoms with Gasteiger partial charge in [-0.05, 0) is 18.6 Å². The average Bonchev–Trinajstić information content (AvgIpc) is 2.48. The minimum Gasteiger partial charge on any atom is -0.364 e. The van der Waals surface area contributed by atoms with E-state index in [4.69, 9.17) is 0 Å². The fraction of sp³-hybridized carbons (Fsp3) is 0.231. The van der Waals surface area contributed by atoms with Crippen LogP contribution in [0.15, 0.2) is 24.5 Å². The highest BCUT2D eigenvalue weighted by molar-refractivity contribution is 5.73. The van der Waals surface area contributed by atoms with Gasteiger partial charge in [0.25, 0.3) is 0 Å². The number of nitrogens with one attached hydrogen (secondary N) is 2. The zero-order valence-corrected chi connectivity index (χ0v) is 11.6. The predicted molar refractivity (Wildman–Crippen MR) is 77.1 cm³/mol. The Balaban J connectivity index is 2.37. The molecule has 1 heterocycles. The molecule has 2 aromatic rings. The first-order chi connectivity index (χ1) is 10.5. The van der Waals surface area contributed by atoms with Gasteiger partial charge >= 0.3 is 5.69 Å². The van der Waals surface area contributed by atoms with Crippen molar-refractivity contribution in [2.75, 3.05) is 17.2 Å². The van der Waals surface area contributed by atoms with Crippen LogP contribution in [-0.4, -0.2) is 21.4 Å². The van der Waals surface area contributed by atoms with Crippen LogP contribution in [0.1, 0.15) is 13.3 Å². The van der Waals surface area contributed by atoms with E-state index in [-0.39, 0.29) is 23.0 Å². The molecule has 1 aromatic carbocycles. The first kappa shape index (κ1) is 15.5. The summed E-state index contributed by atoms with van der Waals surface area (Å²) < 4.78 is 26.1. The summed E-state index contributed by atoms with van der Waals surface area (Å²) >= 11 is 0. The number of halogens is 2. The molecule has 116 valence electrons. The van der Waals surface area contributed by atoms with Crippen LogP contribution < -0.4 is 10.6 Å². The maximum atomic E-state index is 13.2. The van der Waals surface area contributed by atoms with Crippen molar-refractivity contribution in [1.29, 1.82) is 0 Å². The van der Waals surface area contributed by atoms with Crippen molar-refractivity contribution in [3.63, 3.8) is 0 Å². The third-order valence-electron chi connectivity index (χ3n) is 2.73. The van der Waals surface area contributed by atoms with Gasteiger partial charge in [0.2, 0.25) is 11.6 Å². The quantitative estimate of drug-likeness (QED) is 0.628. The molecule has 22 heavy (non-hydrogen) atoms. The van der Waals surface area contributed by atoms with E-state index in [1.165, 1.54) is 6.07 Å². The van der Waals surface area contributed by atoms with E-state index >= 15 is 0 Å². The van der Waals surface area contributed by atoms with Crippen LogP contribution in [0.4, 0.5) is 31.8 Å². The molecule has 0 radical (unpaired) electrons. The molecule has 0 bridgehead atoms. The lowest BCUT2D eigenvalue weighted by atomic mass is 10.3. The van der Waals surface area contributed by atoms with Gasteiger partial charge in [-0.2, -0.15) is 0 Å². The van der Waals surface area contributed by atoms with Crippen molar-refractivity contribution in [2.45, 2.75) is 13.3 Å². The largest absolute Gasteiger partial charge is 0.364 e. The van der Waals surface area contributed by atoms with Crippen LogP contribution in [-0.2, 0) is 0 Å². The van der Waals surface area contributed by atoms with Crippen LogP contribution in [0, 0.1) is 21.7 Å². The van der Waals surface area contributed by atoms with Crippen LogP contribution in [0.25, 0.3) is 0 Å². The van der Waals surface area contributed by atoms with E-state index in [9.17, 15) is 18.9 Å². The SMILES string of the molecule is CCCNc1ncnc(Nc2ccc(F)c(F)c2)c1[N+](=O)[O-]. The molecule has 0 unspecified atom stereocenters. The maximum absolute atomic E-state index is 13.2. The van der Waals surface area contributed by atoms with Gasteiger partial charge in [0, 0.05) is 18.3 Å². The Kier molecular flexibility index (Phi) is 4.77. The molecular weight excluding hydrogens is 296 g/mol. The molecule has 0 aliphatic heterocycles. The second-order valence-corrected chi connectivity index (χ2v) is 4.36. The number of aromatic nitrogens is 2. The van der Waals surface area contributed by atoms with Gasteiger partial charge in [0.1, 0.15) is 6.33 Å². The molecule has 9 heteroatoms. The Morgan fingerprint density at radius 3 is 2.59 bits per heavy atom. The van der Waals surface area contributed by atoms with Crippen molar-refractivity contribution in [1.82, 2.24) is 9.97 Å². The van der Waals surface area contributed by atoms with Gasteiger partial charge in [-0.15, -0.1) is 0 Å². The van der Waals surface area contributed by atoms with Crippen LogP contribution in [0.3, 0.4) is 0 Å². The molecule has 0 saturated heterocycles. The van der Waals surface area contributed by atoms with Crippen LogP contribution in [0.2, 0.25) is 0 Å². The van der Waals surface area contributed by atoms with Crippen molar-refractivity contribution < 1.29 is 13.7 Å². The fourth-order valence-corrected chi connectivity index (χ4v) is 1.73. The Morgan fingerprint density at radius 2 is 1.95 bits per heavy atom. The normalized spacial score (nSPS) is 10.3. The fourth-order valence-electron chi connectivity index (χ4n) is 1.73. The maximum Gasteiger partial charge on any atom is 0.353 e. The zero-order valence-electron chi connectivity index (χ0n) is 11.6. The molecule has 1 aromatic heterocycles. The molecule has 2 N–H and O–H groups in total. The first-order valence-electron chi connectivity index (χ1n) is 6.48.